The van der Waals surface area contributed by atoms with Gasteiger partial charge in [0.25, 0.3) is 5.89 Å². The number of aromatic carboxylic acids is 1. The van der Waals surface area contributed by atoms with Gasteiger partial charge in [-0.2, -0.15) is 4.98 Å². The molecule has 3 aromatic heterocycles. The molecule has 21 heavy (non-hydrogen) atoms. The van der Waals surface area contributed by atoms with Crippen LogP contribution < -0.4 is 0 Å². The Labute approximate surface area is 127 Å². The highest BCUT2D eigenvalue weighted by Crippen LogP contribution is 2.29. The SMILES string of the molecule is Cc1nc(SCc2noc(-c3ccco3)n2)sc1C(=O)O. The van der Waals surface area contributed by atoms with Crippen molar-refractivity contribution in [3.8, 4) is 11.7 Å². The average Bonchev–Trinajstić information content (AvgIpc) is 3.16. The Morgan fingerprint density at radius 3 is 3.00 bits per heavy atom. The van der Waals surface area contributed by atoms with Crippen molar-refractivity contribution >= 4 is 29.1 Å². The van der Waals surface area contributed by atoms with Crippen molar-refractivity contribution in [2.45, 2.75) is 17.0 Å². The van der Waals surface area contributed by atoms with Crippen LogP contribution in [0, 0.1) is 6.92 Å². The van der Waals surface area contributed by atoms with Gasteiger partial charge in [-0.25, -0.2) is 9.78 Å². The van der Waals surface area contributed by atoms with Crippen molar-refractivity contribution in [2.75, 3.05) is 0 Å². The van der Waals surface area contributed by atoms with Gasteiger partial charge >= 0.3 is 5.97 Å². The number of nitrogens with zero attached hydrogens (tertiary/aromatic N) is 3. The fraction of sp³-hybridized carbons (Fsp3) is 0.167. The molecule has 0 atom stereocenters. The lowest BCUT2D eigenvalue weighted by Crippen LogP contribution is -1.94. The van der Waals surface area contributed by atoms with E-state index in [0.29, 0.717) is 33.3 Å². The molecule has 0 bridgehead atoms. The summed E-state index contributed by atoms with van der Waals surface area (Å²) in [7, 11) is 0. The van der Waals surface area contributed by atoms with Gasteiger partial charge in [-0.3, -0.25) is 0 Å². The number of hydrogen-bond donors (Lipinski definition) is 1. The summed E-state index contributed by atoms with van der Waals surface area (Å²) in [6.07, 6.45) is 1.53. The number of thioether (sulfide) groups is 1. The Morgan fingerprint density at radius 1 is 1.48 bits per heavy atom. The first-order valence-corrected chi connectivity index (χ1v) is 7.63. The van der Waals surface area contributed by atoms with Crippen LogP contribution in [0.4, 0.5) is 0 Å². The number of rotatable bonds is 5. The quantitative estimate of drug-likeness (QED) is 0.715. The summed E-state index contributed by atoms with van der Waals surface area (Å²) < 4.78 is 10.9. The van der Waals surface area contributed by atoms with Crippen molar-refractivity contribution in [1.29, 1.82) is 0 Å². The third-order valence-corrected chi connectivity index (χ3v) is 4.78. The second-order valence-corrected chi connectivity index (χ2v) is 6.20. The van der Waals surface area contributed by atoms with Crippen LogP contribution in [0.3, 0.4) is 0 Å². The molecule has 3 aromatic rings. The van der Waals surface area contributed by atoms with Gasteiger partial charge < -0.3 is 14.0 Å². The molecule has 0 saturated heterocycles. The maximum absolute atomic E-state index is 11.0. The minimum atomic E-state index is -0.962. The molecule has 0 aliphatic rings. The van der Waals surface area contributed by atoms with E-state index in [9.17, 15) is 4.79 Å². The zero-order valence-corrected chi connectivity index (χ0v) is 12.4. The molecule has 0 unspecified atom stereocenters. The summed E-state index contributed by atoms with van der Waals surface area (Å²) in [4.78, 5) is 19.6. The first kappa shape index (κ1) is 13.8. The van der Waals surface area contributed by atoms with Crippen molar-refractivity contribution in [2.24, 2.45) is 0 Å². The van der Waals surface area contributed by atoms with E-state index in [2.05, 4.69) is 15.1 Å². The van der Waals surface area contributed by atoms with Gasteiger partial charge in [0.05, 0.1) is 17.7 Å². The van der Waals surface area contributed by atoms with Crippen LogP contribution >= 0.6 is 23.1 Å². The number of carboxylic acids is 1. The van der Waals surface area contributed by atoms with Crippen LogP contribution in [-0.2, 0) is 5.75 Å². The van der Waals surface area contributed by atoms with Crippen LogP contribution in [0.2, 0.25) is 0 Å². The third kappa shape index (κ3) is 2.98. The molecule has 3 rings (SSSR count). The number of carbonyl (C=O) groups is 1. The van der Waals surface area contributed by atoms with Crippen LogP contribution in [0.5, 0.6) is 0 Å². The molecule has 0 aliphatic heterocycles. The maximum atomic E-state index is 11.0. The monoisotopic (exact) mass is 323 g/mol. The summed E-state index contributed by atoms with van der Waals surface area (Å²) >= 11 is 2.50. The number of aromatic nitrogens is 3. The third-order valence-electron chi connectivity index (χ3n) is 2.50. The van der Waals surface area contributed by atoms with Crippen LogP contribution in [0.15, 0.2) is 31.7 Å². The first-order valence-electron chi connectivity index (χ1n) is 5.83. The number of furan rings is 1. The fourth-order valence-electron chi connectivity index (χ4n) is 1.57. The predicted molar refractivity (Wildman–Crippen MR) is 75.4 cm³/mol. The lowest BCUT2D eigenvalue weighted by molar-refractivity contribution is 0.0701. The second-order valence-electron chi connectivity index (χ2n) is 3.98. The first-order chi connectivity index (χ1) is 10.1. The van der Waals surface area contributed by atoms with E-state index < -0.39 is 5.97 Å². The van der Waals surface area contributed by atoms with E-state index in [1.54, 1.807) is 19.1 Å². The molecule has 1 N–H and O–H groups in total. The number of carboxylic acid groups (broad SMARTS) is 1. The van der Waals surface area contributed by atoms with Gasteiger partial charge in [0.2, 0.25) is 0 Å². The molecule has 108 valence electrons. The standard InChI is InChI=1S/C12H9N3O4S2/c1-6-9(11(16)17)21-12(13-6)20-5-8-14-10(19-15-8)7-3-2-4-18-7/h2-4H,5H2,1H3,(H,16,17). The van der Waals surface area contributed by atoms with E-state index in [4.69, 9.17) is 14.0 Å². The molecule has 0 radical (unpaired) electrons. The van der Waals surface area contributed by atoms with Crippen LogP contribution in [-0.4, -0.2) is 26.2 Å². The number of aryl methyl sites for hydroxylation is 1. The molecular formula is C12H9N3O4S2. The molecule has 7 nitrogen and oxygen atoms in total. The lowest BCUT2D eigenvalue weighted by atomic mass is 10.4. The predicted octanol–water partition coefficient (Wildman–Crippen LogP) is 3.09. The van der Waals surface area contributed by atoms with Gasteiger partial charge in [-0.15, -0.1) is 11.3 Å². The van der Waals surface area contributed by atoms with Crippen molar-refractivity contribution in [3.63, 3.8) is 0 Å². The molecular weight excluding hydrogens is 314 g/mol. The summed E-state index contributed by atoms with van der Waals surface area (Å²) in [5, 5.41) is 12.8. The molecule has 3 heterocycles. The van der Waals surface area contributed by atoms with Gasteiger partial charge in [-0.05, 0) is 19.1 Å². The minimum absolute atomic E-state index is 0.252. The summed E-state index contributed by atoms with van der Waals surface area (Å²) in [6, 6.07) is 3.47. The topological polar surface area (TPSA) is 102 Å². The molecule has 0 aromatic carbocycles. The smallest absolute Gasteiger partial charge is 0.347 e. The summed E-state index contributed by atoms with van der Waals surface area (Å²) in [6.45, 7) is 1.67. The van der Waals surface area contributed by atoms with E-state index >= 15 is 0 Å². The number of hydrogen-bond acceptors (Lipinski definition) is 8. The second kappa shape index (κ2) is 5.70. The van der Waals surface area contributed by atoms with Gasteiger partial charge in [-0.1, -0.05) is 16.9 Å². The van der Waals surface area contributed by atoms with Gasteiger partial charge in [0.1, 0.15) is 4.88 Å². The highest BCUT2D eigenvalue weighted by Gasteiger charge is 2.16. The molecule has 0 aliphatic carbocycles. The Balaban J connectivity index is 1.68. The fourth-order valence-corrected chi connectivity index (χ4v) is 3.44. The Morgan fingerprint density at radius 2 is 2.33 bits per heavy atom. The molecule has 0 saturated carbocycles. The summed E-state index contributed by atoms with van der Waals surface area (Å²) in [5.74, 6) is 0.803. The van der Waals surface area contributed by atoms with Crippen molar-refractivity contribution < 1.29 is 18.8 Å². The Kier molecular flexibility index (Phi) is 3.76. The summed E-state index contributed by atoms with van der Waals surface area (Å²) in [5.41, 5.74) is 0.513. The Bertz CT molecular complexity index is 763. The van der Waals surface area contributed by atoms with Gasteiger partial charge in [0, 0.05) is 0 Å². The number of thiazole rings is 1. The molecule has 0 amide bonds. The Hall–Kier alpha value is -2.13. The lowest BCUT2D eigenvalue weighted by Gasteiger charge is -1.90. The average molecular weight is 323 g/mol. The largest absolute Gasteiger partial charge is 0.477 e. The van der Waals surface area contributed by atoms with E-state index in [1.165, 1.54) is 18.0 Å². The zero-order valence-electron chi connectivity index (χ0n) is 10.8. The highest BCUT2D eigenvalue weighted by atomic mass is 32.2. The van der Waals surface area contributed by atoms with Crippen LogP contribution in [0.1, 0.15) is 21.2 Å². The zero-order chi connectivity index (χ0) is 14.8. The molecule has 9 heteroatoms. The molecule has 0 fully saturated rings. The van der Waals surface area contributed by atoms with E-state index in [1.807, 2.05) is 0 Å². The van der Waals surface area contributed by atoms with Crippen LogP contribution in [0.25, 0.3) is 11.7 Å². The molecule has 0 spiro atoms. The van der Waals surface area contributed by atoms with Gasteiger partial charge in [0.15, 0.2) is 15.9 Å². The van der Waals surface area contributed by atoms with Crippen molar-refractivity contribution in [1.82, 2.24) is 15.1 Å². The van der Waals surface area contributed by atoms with E-state index in [-0.39, 0.29) is 4.88 Å². The van der Waals surface area contributed by atoms with Crippen molar-refractivity contribution in [3.05, 3.63) is 34.8 Å². The maximum Gasteiger partial charge on any atom is 0.347 e. The highest BCUT2D eigenvalue weighted by molar-refractivity contribution is 8.00. The normalized spacial score (nSPS) is 10.9. The van der Waals surface area contributed by atoms with E-state index in [0.717, 1.165) is 11.3 Å². The minimum Gasteiger partial charge on any atom is -0.477 e.